The molecule has 20 heavy (non-hydrogen) atoms. The largest absolute Gasteiger partial charge is 0.481 e. The molecule has 0 aliphatic heterocycles. The van der Waals surface area contributed by atoms with Crippen LogP contribution >= 0.6 is 0 Å². The molecule has 1 fully saturated rings. The van der Waals surface area contributed by atoms with Crippen molar-refractivity contribution < 1.29 is 9.90 Å². The minimum absolute atomic E-state index is 0.103. The average molecular weight is 268 g/mol. The highest BCUT2D eigenvalue weighted by Gasteiger charge is 2.18. The van der Waals surface area contributed by atoms with Crippen LogP contribution in [0.5, 0.6) is 0 Å². The van der Waals surface area contributed by atoms with Gasteiger partial charge in [-0.05, 0) is 40.7 Å². The highest BCUT2D eigenvalue weighted by Crippen LogP contribution is 2.37. The summed E-state index contributed by atoms with van der Waals surface area (Å²) in [5, 5.41) is 11.4. The molecule has 0 unspecified atom stereocenters. The maximum absolute atomic E-state index is 11.0. The molecule has 3 rings (SSSR count). The molecule has 0 atom stereocenters. The van der Waals surface area contributed by atoms with Crippen molar-refractivity contribution in [2.24, 2.45) is 0 Å². The van der Waals surface area contributed by atoms with Crippen LogP contribution in [-0.4, -0.2) is 11.1 Å². The average Bonchev–Trinajstić information content (AvgIpc) is 2.48. The SMILES string of the molecule is O=C(O)Cc1ccc(C2CCCCC2)c2ccccc12. The first kappa shape index (κ1) is 13.2. The summed E-state index contributed by atoms with van der Waals surface area (Å²) in [6, 6.07) is 12.4. The molecule has 0 saturated heterocycles. The van der Waals surface area contributed by atoms with Crippen molar-refractivity contribution in [3.8, 4) is 0 Å². The van der Waals surface area contributed by atoms with Crippen LogP contribution in [0.2, 0.25) is 0 Å². The predicted molar refractivity (Wildman–Crippen MR) is 81.1 cm³/mol. The summed E-state index contributed by atoms with van der Waals surface area (Å²) in [7, 11) is 0. The number of benzene rings is 2. The molecular weight excluding hydrogens is 248 g/mol. The smallest absolute Gasteiger partial charge is 0.307 e. The van der Waals surface area contributed by atoms with Gasteiger partial charge in [-0.2, -0.15) is 0 Å². The molecule has 1 N–H and O–H groups in total. The lowest BCUT2D eigenvalue weighted by Gasteiger charge is -2.24. The van der Waals surface area contributed by atoms with Gasteiger partial charge >= 0.3 is 5.97 Å². The summed E-state index contributed by atoms with van der Waals surface area (Å²) in [5.74, 6) is -0.118. The van der Waals surface area contributed by atoms with Gasteiger partial charge in [-0.1, -0.05) is 55.7 Å². The summed E-state index contributed by atoms with van der Waals surface area (Å²) in [4.78, 5) is 11.0. The lowest BCUT2D eigenvalue weighted by molar-refractivity contribution is -0.136. The van der Waals surface area contributed by atoms with Crippen LogP contribution in [0.25, 0.3) is 10.8 Å². The Kier molecular flexibility index (Phi) is 3.72. The molecule has 0 aromatic heterocycles. The van der Waals surface area contributed by atoms with E-state index in [4.69, 9.17) is 5.11 Å². The van der Waals surface area contributed by atoms with Crippen LogP contribution in [0.15, 0.2) is 36.4 Å². The maximum atomic E-state index is 11.0. The minimum atomic E-state index is -0.763. The second kappa shape index (κ2) is 5.66. The van der Waals surface area contributed by atoms with Gasteiger partial charge in [0.25, 0.3) is 0 Å². The lowest BCUT2D eigenvalue weighted by atomic mass is 9.81. The number of rotatable bonds is 3. The van der Waals surface area contributed by atoms with Crippen molar-refractivity contribution in [1.29, 1.82) is 0 Å². The highest BCUT2D eigenvalue weighted by molar-refractivity contribution is 5.91. The van der Waals surface area contributed by atoms with E-state index in [2.05, 4.69) is 24.3 Å². The van der Waals surface area contributed by atoms with Crippen LogP contribution in [0.1, 0.15) is 49.1 Å². The van der Waals surface area contributed by atoms with E-state index >= 15 is 0 Å². The van der Waals surface area contributed by atoms with Crippen LogP contribution in [0, 0.1) is 0 Å². The van der Waals surface area contributed by atoms with E-state index in [0.29, 0.717) is 5.92 Å². The molecule has 0 spiro atoms. The van der Waals surface area contributed by atoms with Gasteiger partial charge in [-0.15, -0.1) is 0 Å². The van der Waals surface area contributed by atoms with Gasteiger partial charge < -0.3 is 5.11 Å². The Morgan fingerprint density at radius 2 is 1.70 bits per heavy atom. The third-order valence-corrected chi connectivity index (χ3v) is 4.43. The number of hydrogen-bond acceptors (Lipinski definition) is 1. The molecule has 1 saturated carbocycles. The van der Waals surface area contributed by atoms with Crippen molar-refractivity contribution in [2.75, 3.05) is 0 Å². The summed E-state index contributed by atoms with van der Waals surface area (Å²) >= 11 is 0. The monoisotopic (exact) mass is 268 g/mol. The van der Waals surface area contributed by atoms with Crippen molar-refractivity contribution >= 4 is 16.7 Å². The normalized spacial score (nSPS) is 16.4. The first-order valence-corrected chi connectivity index (χ1v) is 7.48. The molecule has 0 heterocycles. The van der Waals surface area contributed by atoms with E-state index < -0.39 is 5.97 Å². The topological polar surface area (TPSA) is 37.3 Å². The van der Waals surface area contributed by atoms with Crippen LogP contribution < -0.4 is 0 Å². The van der Waals surface area contributed by atoms with Gasteiger partial charge in [0, 0.05) is 0 Å². The van der Waals surface area contributed by atoms with E-state index in [0.717, 1.165) is 10.9 Å². The fraction of sp³-hybridized carbons (Fsp3) is 0.389. The standard InChI is InChI=1S/C18H20O2/c19-18(20)12-14-10-11-16(13-6-2-1-3-7-13)17-9-5-4-8-15(14)17/h4-5,8-11,13H,1-3,6-7,12H2,(H,19,20). The zero-order valence-electron chi connectivity index (χ0n) is 11.6. The third kappa shape index (κ3) is 2.55. The van der Waals surface area contributed by atoms with Crippen molar-refractivity contribution in [2.45, 2.75) is 44.4 Å². The molecular formula is C18H20O2. The zero-order valence-corrected chi connectivity index (χ0v) is 11.6. The first-order chi connectivity index (χ1) is 9.75. The van der Waals surface area contributed by atoms with Crippen molar-refractivity contribution in [3.63, 3.8) is 0 Å². The number of carboxylic acids is 1. The fourth-order valence-corrected chi connectivity index (χ4v) is 3.47. The van der Waals surface area contributed by atoms with E-state index in [9.17, 15) is 4.79 Å². The van der Waals surface area contributed by atoms with E-state index in [1.54, 1.807) is 0 Å². The van der Waals surface area contributed by atoms with Gasteiger partial charge in [0.05, 0.1) is 6.42 Å². The van der Waals surface area contributed by atoms with E-state index in [-0.39, 0.29) is 6.42 Å². The summed E-state index contributed by atoms with van der Waals surface area (Å²) in [6.07, 6.45) is 6.62. The number of aliphatic carboxylic acids is 1. The highest BCUT2D eigenvalue weighted by atomic mass is 16.4. The molecule has 0 amide bonds. The van der Waals surface area contributed by atoms with Gasteiger partial charge in [-0.3, -0.25) is 4.79 Å². The molecule has 2 aromatic carbocycles. The number of carboxylic acid groups (broad SMARTS) is 1. The van der Waals surface area contributed by atoms with Crippen LogP contribution in [0.3, 0.4) is 0 Å². The maximum Gasteiger partial charge on any atom is 0.307 e. The van der Waals surface area contributed by atoms with E-state index in [1.807, 2.05) is 12.1 Å². The minimum Gasteiger partial charge on any atom is -0.481 e. The Morgan fingerprint density at radius 3 is 2.40 bits per heavy atom. The second-order valence-corrected chi connectivity index (χ2v) is 5.76. The lowest BCUT2D eigenvalue weighted by Crippen LogP contribution is -2.06. The van der Waals surface area contributed by atoms with Crippen LogP contribution in [0.4, 0.5) is 0 Å². The number of carbonyl (C=O) groups is 1. The molecule has 1 aliphatic carbocycles. The van der Waals surface area contributed by atoms with Gasteiger partial charge in [0.2, 0.25) is 0 Å². The van der Waals surface area contributed by atoms with Crippen molar-refractivity contribution in [3.05, 3.63) is 47.5 Å². The van der Waals surface area contributed by atoms with E-state index in [1.165, 1.54) is 43.1 Å². The second-order valence-electron chi connectivity index (χ2n) is 5.76. The first-order valence-electron chi connectivity index (χ1n) is 7.48. The predicted octanol–water partition coefficient (Wildman–Crippen LogP) is 4.51. The van der Waals surface area contributed by atoms with Crippen molar-refractivity contribution in [1.82, 2.24) is 0 Å². The molecule has 104 valence electrons. The Balaban J connectivity index is 2.08. The molecule has 2 aromatic rings. The molecule has 2 heteroatoms. The van der Waals surface area contributed by atoms with Crippen LogP contribution in [-0.2, 0) is 11.2 Å². The fourth-order valence-electron chi connectivity index (χ4n) is 3.47. The van der Waals surface area contributed by atoms with Gasteiger partial charge in [-0.25, -0.2) is 0 Å². The zero-order chi connectivity index (χ0) is 13.9. The summed E-state index contributed by atoms with van der Waals surface area (Å²) in [6.45, 7) is 0. The Bertz CT molecular complexity index is 624. The summed E-state index contributed by atoms with van der Waals surface area (Å²) in [5.41, 5.74) is 2.34. The molecule has 0 bridgehead atoms. The Labute approximate surface area is 119 Å². The van der Waals surface area contributed by atoms with Gasteiger partial charge in [0.15, 0.2) is 0 Å². The third-order valence-electron chi connectivity index (χ3n) is 4.43. The molecule has 2 nitrogen and oxygen atoms in total. The number of hydrogen-bond donors (Lipinski definition) is 1. The summed E-state index contributed by atoms with van der Waals surface area (Å²) < 4.78 is 0. The number of fused-ring (bicyclic) bond motifs is 1. The molecule has 0 radical (unpaired) electrons. The Morgan fingerprint density at radius 1 is 1.00 bits per heavy atom. The van der Waals surface area contributed by atoms with Gasteiger partial charge in [0.1, 0.15) is 0 Å². The molecule has 1 aliphatic rings. The quantitative estimate of drug-likeness (QED) is 0.889. The Hall–Kier alpha value is -1.83.